The van der Waals surface area contributed by atoms with Gasteiger partial charge in [-0.15, -0.1) is 0 Å². The first-order valence-electron chi connectivity index (χ1n) is 27.7. The minimum absolute atomic E-state index is 0.0358. The van der Waals surface area contributed by atoms with Crippen molar-refractivity contribution in [3.8, 4) is 22.5 Å². The van der Waals surface area contributed by atoms with Gasteiger partial charge in [0, 0.05) is 65.5 Å². The zero-order valence-electron chi connectivity index (χ0n) is 48.0. The number of benzene rings is 10. The van der Waals surface area contributed by atoms with Gasteiger partial charge in [-0.05, 0) is 109 Å². The number of hydrogen-bond donors (Lipinski definition) is 2. The SMILES string of the molecule is CC(=O)c1ccccc1Br.CN(C)/C=C/C(=O)c1ccccc1P(c1ccccc1)c1ccccc1.[Cl][Pd][Cl].c1ccc(P(c2ccccc2)c2ccccc2-c2ccn[nH]2)cc1.c1ccc([PH+](c2ccccc2)c2ccccc2-c2cc[nH]n2)cc1. The largest absolute Gasteiger partial charge is 0.285 e. The molecule has 0 fully saturated rings. The van der Waals surface area contributed by atoms with E-state index in [2.05, 4.69) is 261 Å². The van der Waals surface area contributed by atoms with E-state index in [0.29, 0.717) is 0 Å². The van der Waals surface area contributed by atoms with Crippen LogP contribution >= 0.6 is 58.8 Å². The summed E-state index contributed by atoms with van der Waals surface area (Å²) in [6.07, 6.45) is 7.12. The smallest absolute Gasteiger partial charge is 0.111 e. The van der Waals surface area contributed by atoms with E-state index in [9.17, 15) is 9.59 Å². The molecule has 0 aliphatic carbocycles. The first-order chi connectivity index (χ1) is 42.7. The van der Waals surface area contributed by atoms with Gasteiger partial charge in [0.05, 0.1) is 19.3 Å². The fourth-order valence-electron chi connectivity index (χ4n) is 9.42. The maximum atomic E-state index is 12.8. The molecule has 0 bridgehead atoms. The number of allylic oxidation sites excluding steroid dienone is 1. The van der Waals surface area contributed by atoms with Crippen LogP contribution in [0.1, 0.15) is 27.6 Å². The molecule has 0 aliphatic rings. The quantitative estimate of drug-likeness (QED) is 0.0462. The maximum absolute atomic E-state index is 12.8. The monoisotopic (exact) mass is 1390 g/mol. The summed E-state index contributed by atoms with van der Waals surface area (Å²) < 4.78 is 0.863. The number of H-pyrrole nitrogens is 2. The third-order valence-electron chi connectivity index (χ3n) is 13.3. The van der Waals surface area contributed by atoms with E-state index < -0.39 is 23.8 Å². The third kappa shape index (κ3) is 19.0. The molecule has 0 unspecified atom stereocenters. The number of nitrogens with zero attached hydrogens (tertiary/aromatic N) is 3. The Morgan fingerprint density at radius 2 is 0.920 bits per heavy atom. The summed E-state index contributed by atoms with van der Waals surface area (Å²) in [6.45, 7) is 1.56. The van der Waals surface area contributed by atoms with E-state index in [0.717, 1.165) is 32.3 Å². The molecule has 12 rings (SSSR count). The number of halogens is 3. The third-order valence-corrected chi connectivity index (χ3v) is 21.8. The van der Waals surface area contributed by atoms with Crippen molar-refractivity contribution in [3.05, 3.63) is 331 Å². The van der Waals surface area contributed by atoms with Gasteiger partial charge in [-0.2, -0.15) is 10.2 Å². The molecule has 0 radical (unpaired) electrons. The number of carbonyl (C=O) groups is 2. The van der Waals surface area contributed by atoms with Gasteiger partial charge in [0.2, 0.25) is 0 Å². The molecule has 2 aromatic heterocycles. The van der Waals surface area contributed by atoms with Gasteiger partial charge >= 0.3 is 35.0 Å². The van der Waals surface area contributed by atoms with Crippen LogP contribution in [0, 0.1) is 0 Å². The zero-order chi connectivity index (χ0) is 61.0. The van der Waals surface area contributed by atoms with E-state index in [-0.39, 0.29) is 27.5 Å². The second-order valence-electron chi connectivity index (χ2n) is 19.4. The number of hydrogen-bond acceptors (Lipinski definition) is 5. The van der Waals surface area contributed by atoms with Crippen LogP contribution < -0.4 is 47.7 Å². The molecule has 0 aliphatic heterocycles. The Morgan fingerprint density at radius 1 is 0.506 bits per heavy atom. The van der Waals surface area contributed by atoms with Gasteiger partial charge in [0.25, 0.3) is 0 Å². The molecule has 438 valence electrons. The van der Waals surface area contributed by atoms with Gasteiger partial charge in [-0.25, -0.2) is 0 Å². The Hall–Kier alpha value is -7.49. The van der Waals surface area contributed by atoms with Crippen LogP contribution in [0.2, 0.25) is 0 Å². The zero-order valence-corrected chi connectivity index (χ0v) is 55.5. The molecular formula is C73H64BrCl2N5O2P3Pd+. The molecule has 0 saturated heterocycles. The fourth-order valence-corrected chi connectivity index (χ4v) is 17.7. The molecule has 10 aromatic carbocycles. The predicted octanol–water partition coefficient (Wildman–Crippen LogP) is 15.1. The second-order valence-corrected chi connectivity index (χ2v) is 29.4. The van der Waals surface area contributed by atoms with Crippen LogP contribution in [0.4, 0.5) is 0 Å². The van der Waals surface area contributed by atoms with Crippen LogP contribution in [0.3, 0.4) is 0 Å². The van der Waals surface area contributed by atoms with Gasteiger partial charge in [0.1, 0.15) is 15.9 Å². The number of aromatic nitrogens is 4. The van der Waals surface area contributed by atoms with Crippen molar-refractivity contribution in [2.24, 2.45) is 0 Å². The van der Waals surface area contributed by atoms with Crippen molar-refractivity contribution >= 4 is 118 Å². The second kappa shape index (κ2) is 35.4. The summed E-state index contributed by atoms with van der Waals surface area (Å²) in [4.78, 5) is 25.5. The standard InChI is InChI=1S/C23H22NOP.2C21H17N2P.C8H7BrO.2ClH.Pd/c1-24(2)18-17-22(25)21-15-9-10-16-23(21)26(19-11-5-3-6-12-19)20-13-7-4-8-14-20;2*1-3-9-17(10-4-1)24(18-11-5-2-6-12-18)21-14-8-7-13-19(21)20-15-16-22-23-20;1-6(10)7-4-2-3-5-8(7)9;;;/h3-18H,1-2H3;2*1-16H,(H,22,23);2-5H,1H3;2*1H;/q;;;;;;+2/p-1/b18-17+;;;;;;. The van der Waals surface area contributed by atoms with Crippen molar-refractivity contribution in [1.82, 2.24) is 25.3 Å². The van der Waals surface area contributed by atoms with E-state index in [1.54, 1.807) is 31.5 Å². The van der Waals surface area contributed by atoms with Gasteiger partial charge in [-0.1, -0.05) is 253 Å². The molecule has 0 amide bonds. The van der Waals surface area contributed by atoms with E-state index in [1.807, 2.05) is 85.9 Å². The van der Waals surface area contributed by atoms with Crippen LogP contribution in [-0.2, 0) is 15.9 Å². The molecule has 7 nitrogen and oxygen atoms in total. The Morgan fingerprint density at radius 3 is 1.36 bits per heavy atom. The van der Waals surface area contributed by atoms with E-state index >= 15 is 0 Å². The van der Waals surface area contributed by atoms with Crippen molar-refractivity contribution in [1.29, 1.82) is 0 Å². The molecule has 12 aromatic rings. The molecular weight excluding hydrogens is 1330 g/mol. The van der Waals surface area contributed by atoms with E-state index in [4.69, 9.17) is 19.1 Å². The summed E-state index contributed by atoms with van der Waals surface area (Å²) in [6, 6.07) is 101. The number of ketones is 2. The summed E-state index contributed by atoms with van der Waals surface area (Å²) >= 11 is 3.17. The number of rotatable bonds is 15. The number of aromatic amines is 2. The van der Waals surface area contributed by atoms with Crippen LogP contribution in [-0.4, -0.2) is 51.0 Å². The fraction of sp³-hybridized carbons (Fsp3) is 0.0411. The van der Waals surface area contributed by atoms with Gasteiger partial charge in [0.15, 0.2) is 11.6 Å². The van der Waals surface area contributed by atoms with E-state index in [1.165, 1.54) is 53.6 Å². The molecule has 2 N–H and O–H groups in total. The Kier molecular flexibility index (Phi) is 26.6. The van der Waals surface area contributed by atoms with Crippen molar-refractivity contribution in [3.63, 3.8) is 0 Å². The Balaban J connectivity index is 0.000000154. The maximum Gasteiger partial charge on any atom is 0.111 e. The van der Waals surface area contributed by atoms with Crippen LogP contribution in [0.5, 0.6) is 0 Å². The number of Topliss-reactive ketones (excluding diaryl/α,β-unsaturated/α-hetero) is 1. The summed E-state index contributed by atoms with van der Waals surface area (Å²) in [7, 11) is 11.0. The van der Waals surface area contributed by atoms with Crippen molar-refractivity contribution in [2.75, 3.05) is 14.1 Å². The number of carbonyl (C=O) groups excluding carboxylic acids is 2. The first-order valence-corrected chi connectivity index (χ1v) is 36.7. The first kappa shape index (κ1) is 65.5. The molecule has 14 heteroatoms. The molecule has 0 atom stereocenters. The molecule has 2 heterocycles. The van der Waals surface area contributed by atoms with Crippen molar-refractivity contribution < 1.29 is 25.5 Å². The average molecular weight is 1390 g/mol. The minimum atomic E-state index is -1.09. The summed E-state index contributed by atoms with van der Waals surface area (Å²) in [5.74, 6) is 0.126. The van der Waals surface area contributed by atoms with Crippen LogP contribution in [0.25, 0.3) is 22.5 Å². The minimum Gasteiger partial charge on any atom is -0.285 e. The average Bonchev–Trinajstić information content (AvgIpc) is 3.18. The van der Waals surface area contributed by atoms with Crippen molar-refractivity contribution in [2.45, 2.75) is 6.92 Å². The predicted molar refractivity (Wildman–Crippen MR) is 375 cm³/mol. The van der Waals surface area contributed by atoms with Gasteiger partial charge < -0.3 is 4.90 Å². The summed E-state index contributed by atoms with van der Waals surface area (Å²) in [5.41, 5.74) is 5.99. The normalized spacial score (nSPS) is 10.6. The topological polar surface area (TPSA) is 94.7 Å². The molecule has 0 saturated carbocycles. The molecule has 87 heavy (non-hydrogen) atoms. The van der Waals surface area contributed by atoms with Crippen LogP contribution in [0.15, 0.2) is 320 Å². The van der Waals surface area contributed by atoms with Gasteiger partial charge in [-0.3, -0.25) is 19.8 Å². The Bertz CT molecular complexity index is 3720. The Labute approximate surface area is 539 Å². The summed E-state index contributed by atoms with van der Waals surface area (Å²) in [5, 5.41) is 26.3. The number of nitrogens with one attached hydrogen (secondary N) is 2. The molecule has 0 spiro atoms.